The Bertz CT molecular complexity index is 815. The van der Waals surface area contributed by atoms with Crippen molar-refractivity contribution in [2.24, 2.45) is 0 Å². The first-order chi connectivity index (χ1) is 13.0. The first-order valence-electron chi connectivity index (χ1n) is 8.71. The summed E-state index contributed by atoms with van der Waals surface area (Å²) in [6, 6.07) is 3.67. The fourth-order valence-corrected chi connectivity index (χ4v) is 2.70. The average molecular weight is 372 g/mol. The zero-order chi connectivity index (χ0) is 19.8. The standard InChI is InChI=1S/C19H24N4O4/c1-4-14-16(19(26)27-3)12(2)17(23-14)18(25)21-9-7-15(24)22-11-13-6-5-8-20-10-13/h5-6,8,10,23H,4,7,9,11H2,1-3H3,(H,21,25)(H,22,24). The summed E-state index contributed by atoms with van der Waals surface area (Å²) < 4.78 is 4.78. The molecule has 27 heavy (non-hydrogen) atoms. The molecule has 0 bridgehead atoms. The highest BCUT2D eigenvalue weighted by molar-refractivity contribution is 6.00. The Morgan fingerprint density at radius 3 is 2.67 bits per heavy atom. The van der Waals surface area contributed by atoms with Gasteiger partial charge in [0.15, 0.2) is 0 Å². The first-order valence-corrected chi connectivity index (χ1v) is 8.71. The number of pyridine rings is 1. The molecule has 2 aromatic heterocycles. The Morgan fingerprint density at radius 1 is 1.26 bits per heavy atom. The number of carbonyl (C=O) groups is 3. The molecular formula is C19H24N4O4. The van der Waals surface area contributed by atoms with Gasteiger partial charge in [-0.2, -0.15) is 0 Å². The number of rotatable bonds is 8. The fraction of sp³-hybridized carbons (Fsp3) is 0.368. The van der Waals surface area contributed by atoms with Crippen LogP contribution in [0.25, 0.3) is 0 Å². The first kappa shape index (κ1) is 20.2. The Kier molecular flexibility index (Phi) is 7.10. The highest BCUT2D eigenvalue weighted by atomic mass is 16.5. The minimum absolute atomic E-state index is 0.149. The number of aryl methyl sites for hydroxylation is 1. The molecule has 0 saturated heterocycles. The van der Waals surface area contributed by atoms with Crippen LogP contribution in [0, 0.1) is 6.92 Å². The number of aromatic amines is 1. The van der Waals surface area contributed by atoms with Crippen LogP contribution < -0.4 is 10.6 Å². The van der Waals surface area contributed by atoms with Gasteiger partial charge in [-0.25, -0.2) is 4.79 Å². The fourth-order valence-electron chi connectivity index (χ4n) is 2.70. The Labute approximate surface area is 157 Å². The Hall–Kier alpha value is -3.16. The van der Waals surface area contributed by atoms with Gasteiger partial charge in [0, 0.05) is 37.6 Å². The van der Waals surface area contributed by atoms with E-state index in [9.17, 15) is 14.4 Å². The molecule has 0 saturated carbocycles. The maximum absolute atomic E-state index is 12.4. The van der Waals surface area contributed by atoms with E-state index in [2.05, 4.69) is 20.6 Å². The SMILES string of the molecule is CCc1[nH]c(C(=O)NCCC(=O)NCc2cccnc2)c(C)c1C(=O)OC. The largest absolute Gasteiger partial charge is 0.465 e. The molecule has 0 aliphatic carbocycles. The lowest BCUT2D eigenvalue weighted by atomic mass is 10.1. The summed E-state index contributed by atoms with van der Waals surface area (Å²) in [7, 11) is 1.30. The van der Waals surface area contributed by atoms with E-state index in [1.807, 2.05) is 13.0 Å². The van der Waals surface area contributed by atoms with Crippen molar-refractivity contribution in [3.8, 4) is 0 Å². The molecule has 0 aromatic carbocycles. The van der Waals surface area contributed by atoms with Gasteiger partial charge in [0.1, 0.15) is 5.69 Å². The van der Waals surface area contributed by atoms with Gasteiger partial charge in [0.25, 0.3) is 5.91 Å². The second-order valence-corrected chi connectivity index (χ2v) is 5.97. The van der Waals surface area contributed by atoms with Gasteiger partial charge in [-0.3, -0.25) is 14.6 Å². The number of H-pyrrole nitrogens is 1. The summed E-state index contributed by atoms with van der Waals surface area (Å²) >= 11 is 0. The molecule has 0 radical (unpaired) electrons. The van der Waals surface area contributed by atoms with E-state index >= 15 is 0 Å². The molecular weight excluding hydrogens is 348 g/mol. The number of nitrogens with zero attached hydrogens (tertiary/aromatic N) is 1. The molecule has 2 rings (SSSR count). The summed E-state index contributed by atoms with van der Waals surface area (Å²) in [5, 5.41) is 5.46. The number of nitrogens with one attached hydrogen (secondary N) is 3. The summed E-state index contributed by atoms with van der Waals surface area (Å²) in [5.74, 6) is -1.02. The molecule has 0 aliphatic heterocycles. The Balaban J connectivity index is 1.87. The van der Waals surface area contributed by atoms with Crippen LogP contribution >= 0.6 is 0 Å². The van der Waals surface area contributed by atoms with Crippen molar-refractivity contribution in [1.29, 1.82) is 0 Å². The summed E-state index contributed by atoms with van der Waals surface area (Å²) in [6.45, 7) is 4.15. The van der Waals surface area contributed by atoms with E-state index in [-0.39, 0.29) is 24.8 Å². The molecule has 2 amide bonds. The zero-order valence-electron chi connectivity index (χ0n) is 15.7. The lowest BCUT2D eigenvalue weighted by Gasteiger charge is -2.07. The van der Waals surface area contributed by atoms with Gasteiger partial charge in [-0.1, -0.05) is 13.0 Å². The van der Waals surface area contributed by atoms with Gasteiger partial charge < -0.3 is 20.4 Å². The second-order valence-electron chi connectivity index (χ2n) is 5.97. The third-order valence-corrected chi connectivity index (χ3v) is 4.15. The van der Waals surface area contributed by atoms with Crippen LogP contribution in [0.4, 0.5) is 0 Å². The quantitative estimate of drug-likeness (QED) is 0.608. The number of esters is 1. The van der Waals surface area contributed by atoms with Crippen LogP contribution in [0.5, 0.6) is 0 Å². The van der Waals surface area contributed by atoms with Crippen LogP contribution in [0.2, 0.25) is 0 Å². The minimum Gasteiger partial charge on any atom is -0.465 e. The van der Waals surface area contributed by atoms with Crippen molar-refractivity contribution in [3.63, 3.8) is 0 Å². The molecule has 2 aromatic rings. The topological polar surface area (TPSA) is 113 Å². The number of hydrogen-bond acceptors (Lipinski definition) is 5. The van der Waals surface area contributed by atoms with Crippen LogP contribution in [0.3, 0.4) is 0 Å². The predicted octanol–water partition coefficient (Wildman–Crippen LogP) is 1.50. The molecule has 8 nitrogen and oxygen atoms in total. The van der Waals surface area contributed by atoms with Crippen LogP contribution in [-0.4, -0.2) is 41.4 Å². The minimum atomic E-state index is -0.477. The number of carbonyl (C=O) groups excluding carboxylic acids is 3. The van der Waals surface area contributed by atoms with Crippen molar-refractivity contribution < 1.29 is 19.1 Å². The monoisotopic (exact) mass is 372 g/mol. The third kappa shape index (κ3) is 5.16. The van der Waals surface area contributed by atoms with E-state index in [4.69, 9.17) is 4.74 Å². The number of methoxy groups -OCH3 is 1. The number of hydrogen-bond donors (Lipinski definition) is 3. The van der Waals surface area contributed by atoms with E-state index in [1.54, 1.807) is 25.4 Å². The zero-order valence-corrected chi connectivity index (χ0v) is 15.7. The molecule has 2 heterocycles. The smallest absolute Gasteiger partial charge is 0.339 e. The molecule has 0 aliphatic rings. The predicted molar refractivity (Wildman–Crippen MR) is 99.3 cm³/mol. The maximum atomic E-state index is 12.4. The van der Waals surface area contributed by atoms with Crippen molar-refractivity contribution in [2.75, 3.05) is 13.7 Å². The molecule has 8 heteroatoms. The lowest BCUT2D eigenvalue weighted by molar-refractivity contribution is -0.121. The molecule has 0 unspecified atom stereocenters. The van der Waals surface area contributed by atoms with Gasteiger partial charge in [0.2, 0.25) is 5.91 Å². The van der Waals surface area contributed by atoms with Crippen molar-refractivity contribution in [1.82, 2.24) is 20.6 Å². The van der Waals surface area contributed by atoms with E-state index in [1.165, 1.54) is 7.11 Å². The maximum Gasteiger partial charge on any atom is 0.339 e. The molecule has 144 valence electrons. The van der Waals surface area contributed by atoms with E-state index < -0.39 is 5.97 Å². The molecule has 0 atom stereocenters. The average Bonchev–Trinajstić information content (AvgIpc) is 3.03. The number of aromatic nitrogens is 2. The molecule has 0 fully saturated rings. The molecule has 3 N–H and O–H groups in total. The normalized spacial score (nSPS) is 10.3. The van der Waals surface area contributed by atoms with Crippen molar-refractivity contribution in [2.45, 2.75) is 33.2 Å². The van der Waals surface area contributed by atoms with Gasteiger partial charge in [-0.15, -0.1) is 0 Å². The summed E-state index contributed by atoms with van der Waals surface area (Å²) in [4.78, 5) is 43.1. The Morgan fingerprint density at radius 2 is 2.04 bits per heavy atom. The third-order valence-electron chi connectivity index (χ3n) is 4.15. The van der Waals surface area contributed by atoms with Crippen LogP contribution in [-0.2, 0) is 22.5 Å². The summed E-state index contributed by atoms with van der Waals surface area (Å²) in [6.07, 6.45) is 4.06. The summed E-state index contributed by atoms with van der Waals surface area (Å²) in [5.41, 5.74) is 2.79. The van der Waals surface area contributed by atoms with Gasteiger partial charge >= 0.3 is 5.97 Å². The van der Waals surface area contributed by atoms with Crippen LogP contribution in [0.1, 0.15) is 51.0 Å². The number of ether oxygens (including phenoxy) is 1. The molecule has 0 spiro atoms. The highest BCUT2D eigenvalue weighted by Crippen LogP contribution is 2.20. The van der Waals surface area contributed by atoms with Gasteiger partial charge in [-0.05, 0) is 30.5 Å². The van der Waals surface area contributed by atoms with Crippen LogP contribution in [0.15, 0.2) is 24.5 Å². The van der Waals surface area contributed by atoms with E-state index in [0.717, 1.165) is 5.56 Å². The highest BCUT2D eigenvalue weighted by Gasteiger charge is 2.23. The lowest BCUT2D eigenvalue weighted by Crippen LogP contribution is -2.31. The number of amides is 2. The van der Waals surface area contributed by atoms with Crippen molar-refractivity contribution in [3.05, 3.63) is 52.6 Å². The van der Waals surface area contributed by atoms with E-state index in [0.29, 0.717) is 35.5 Å². The second kappa shape index (κ2) is 9.51. The van der Waals surface area contributed by atoms with Crippen molar-refractivity contribution >= 4 is 17.8 Å². The van der Waals surface area contributed by atoms with Gasteiger partial charge in [0.05, 0.1) is 12.7 Å².